The Balaban J connectivity index is 1.77. The molecule has 8 heteroatoms. The molecule has 25 heavy (non-hydrogen) atoms. The fourth-order valence-electron chi connectivity index (χ4n) is 2.13. The minimum atomic E-state index is -0.539. The Bertz CT molecular complexity index is 953. The number of nitrogens with one attached hydrogen (secondary N) is 1. The smallest absolute Gasteiger partial charge is 0.270 e. The first-order valence-corrected chi connectivity index (χ1v) is 7.53. The summed E-state index contributed by atoms with van der Waals surface area (Å²) in [7, 11) is 0. The number of nitrogens with zero attached hydrogens (tertiary/aromatic N) is 2. The lowest BCUT2D eigenvalue weighted by Gasteiger charge is -2.01. The van der Waals surface area contributed by atoms with Crippen LogP contribution < -0.4 is 5.43 Å². The molecular formula is C17H12ClN3O4. The summed E-state index contributed by atoms with van der Waals surface area (Å²) in [6.07, 6.45) is 1.44. The largest absolute Gasteiger partial charge is 0.507 e. The van der Waals surface area contributed by atoms with E-state index in [0.717, 1.165) is 0 Å². The van der Waals surface area contributed by atoms with Crippen molar-refractivity contribution in [3.05, 3.63) is 75.5 Å². The summed E-state index contributed by atoms with van der Waals surface area (Å²) in [5.41, 5.74) is 3.62. The van der Waals surface area contributed by atoms with Crippen LogP contribution in [0, 0.1) is 10.1 Å². The van der Waals surface area contributed by atoms with Crippen LogP contribution in [-0.2, 0) is 0 Å². The van der Waals surface area contributed by atoms with E-state index in [4.69, 9.17) is 16.0 Å². The summed E-state index contributed by atoms with van der Waals surface area (Å²) < 4.78 is 5.55. The van der Waals surface area contributed by atoms with Gasteiger partial charge in [-0.25, -0.2) is 0 Å². The molecule has 0 saturated carbocycles. The Morgan fingerprint density at radius 3 is 2.80 bits per heavy atom. The number of nitro benzene ring substituents is 1. The predicted octanol–water partition coefficient (Wildman–Crippen LogP) is 4.66. The van der Waals surface area contributed by atoms with Crippen LogP contribution in [0.2, 0.25) is 5.02 Å². The number of rotatable bonds is 5. The molecule has 0 saturated heterocycles. The van der Waals surface area contributed by atoms with Crippen LogP contribution in [0.15, 0.2) is 64.1 Å². The molecule has 0 atom stereocenters. The van der Waals surface area contributed by atoms with Crippen molar-refractivity contribution in [1.29, 1.82) is 0 Å². The second kappa shape index (κ2) is 7.06. The number of furan rings is 1. The number of hydrogen-bond donors (Lipinski definition) is 2. The first-order valence-electron chi connectivity index (χ1n) is 7.15. The summed E-state index contributed by atoms with van der Waals surface area (Å²) in [4.78, 5) is 10.3. The third-order valence-corrected chi connectivity index (χ3v) is 3.53. The van der Waals surface area contributed by atoms with Crippen LogP contribution in [0.25, 0.3) is 11.3 Å². The third-order valence-electron chi connectivity index (χ3n) is 3.29. The molecule has 7 nitrogen and oxygen atoms in total. The van der Waals surface area contributed by atoms with Crippen molar-refractivity contribution in [3.63, 3.8) is 0 Å². The van der Waals surface area contributed by atoms with Crippen LogP contribution in [0.4, 0.5) is 11.4 Å². The van der Waals surface area contributed by atoms with Crippen LogP contribution in [0.5, 0.6) is 5.75 Å². The Hall–Kier alpha value is -3.32. The van der Waals surface area contributed by atoms with Crippen molar-refractivity contribution >= 4 is 29.2 Å². The molecule has 2 aromatic carbocycles. The van der Waals surface area contributed by atoms with E-state index in [2.05, 4.69) is 10.5 Å². The van der Waals surface area contributed by atoms with Gasteiger partial charge in [-0.1, -0.05) is 17.7 Å². The summed E-state index contributed by atoms with van der Waals surface area (Å²) >= 11 is 5.88. The number of non-ortho nitro benzene ring substituents is 1. The monoisotopic (exact) mass is 357 g/mol. The van der Waals surface area contributed by atoms with E-state index in [1.54, 1.807) is 36.4 Å². The van der Waals surface area contributed by atoms with Gasteiger partial charge in [0.25, 0.3) is 5.69 Å². The molecule has 3 rings (SSSR count). The van der Waals surface area contributed by atoms with Gasteiger partial charge >= 0.3 is 0 Å². The van der Waals surface area contributed by atoms with E-state index in [1.165, 1.54) is 24.4 Å². The molecule has 0 spiro atoms. The van der Waals surface area contributed by atoms with Crippen molar-refractivity contribution in [2.75, 3.05) is 5.43 Å². The molecule has 0 aliphatic heterocycles. The Labute approximate surface area is 147 Å². The van der Waals surface area contributed by atoms with E-state index in [0.29, 0.717) is 22.2 Å². The van der Waals surface area contributed by atoms with E-state index in [-0.39, 0.29) is 17.0 Å². The van der Waals surface area contributed by atoms with E-state index >= 15 is 0 Å². The lowest BCUT2D eigenvalue weighted by Crippen LogP contribution is -1.89. The van der Waals surface area contributed by atoms with Crippen LogP contribution >= 0.6 is 11.6 Å². The molecule has 2 N–H and O–H groups in total. The summed E-state index contributed by atoms with van der Waals surface area (Å²) in [5, 5.41) is 25.4. The Morgan fingerprint density at radius 2 is 2.04 bits per heavy atom. The zero-order valence-corrected chi connectivity index (χ0v) is 13.5. The number of phenols is 1. The van der Waals surface area contributed by atoms with E-state index in [9.17, 15) is 15.2 Å². The number of hydrogen-bond acceptors (Lipinski definition) is 6. The van der Waals surface area contributed by atoms with Crippen molar-refractivity contribution in [3.8, 4) is 17.1 Å². The van der Waals surface area contributed by atoms with Gasteiger partial charge in [-0.05, 0) is 36.4 Å². The topological polar surface area (TPSA) is 101 Å². The maximum absolute atomic E-state index is 10.9. The van der Waals surface area contributed by atoms with Crippen LogP contribution in [-0.4, -0.2) is 16.2 Å². The highest BCUT2D eigenvalue weighted by Gasteiger charge is 2.14. The summed E-state index contributed by atoms with van der Waals surface area (Å²) in [6.45, 7) is 0. The van der Waals surface area contributed by atoms with Gasteiger partial charge in [0, 0.05) is 17.2 Å². The third kappa shape index (κ3) is 3.96. The number of halogens is 1. The average molecular weight is 358 g/mol. The van der Waals surface area contributed by atoms with Crippen LogP contribution in [0.1, 0.15) is 5.76 Å². The highest BCUT2D eigenvalue weighted by atomic mass is 35.5. The molecule has 0 radical (unpaired) electrons. The van der Waals surface area contributed by atoms with Gasteiger partial charge in [-0.15, -0.1) is 0 Å². The molecular weight excluding hydrogens is 346 g/mol. The zero-order chi connectivity index (χ0) is 17.8. The Morgan fingerprint density at radius 1 is 1.20 bits per heavy atom. The summed E-state index contributed by atoms with van der Waals surface area (Å²) in [6, 6.07) is 14.0. The maximum atomic E-state index is 10.9. The van der Waals surface area contributed by atoms with Crippen molar-refractivity contribution in [2.24, 2.45) is 5.10 Å². The second-order valence-electron chi connectivity index (χ2n) is 5.04. The second-order valence-corrected chi connectivity index (χ2v) is 5.48. The minimum Gasteiger partial charge on any atom is -0.507 e. The first kappa shape index (κ1) is 16.5. The van der Waals surface area contributed by atoms with Gasteiger partial charge < -0.3 is 9.52 Å². The number of benzene rings is 2. The molecule has 1 heterocycles. The van der Waals surface area contributed by atoms with Crippen molar-refractivity contribution < 1.29 is 14.4 Å². The molecule has 0 aliphatic rings. The summed E-state index contributed by atoms with van der Waals surface area (Å²) in [5.74, 6) is 0.598. The minimum absolute atomic E-state index is 0.111. The van der Waals surface area contributed by atoms with Gasteiger partial charge in [-0.2, -0.15) is 5.10 Å². The van der Waals surface area contributed by atoms with Gasteiger partial charge in [0.15, 0.2) is 0 Å². The fourth-order valence-corrected chi connectivity index (χ4v) is 2.32. The van der Waals surface area contributed by atoms with Crippen molar-refractivity contribution in [2.45, 2.75) is 0 Å². The number of hydrazone groups is 1. The normalized spacial score (nSPS) is 10.9. The quantitative estimate of drug-likeness (QED) is 0.393. The van der Waals surface area contributed by atoms with Crippen molar-refractivity contribution in [1.82, 2.24) is 0 Å². The van der Waals surface area contributed by atoms with E-state index < -0.39 is 4.92 Å². The molecule has 126 valence electrons. The standard InChI is InChI=1S/C17H12ClN3O4/c18-11-2-1-3-12(8-11)20-19-10-14-5-7-17(25-14)15-9-13(21(23)24)4-6-16(15)22/h1-10,20,22H/b19-10+. The number of phenolic OH excluding ortho intramolecular Hbond substituents is 1. The number of nitro groups is 1. The SMILES string of the molecule is O=[N+]([O-])c1ccc(O)c(-c2ccc(/C=N/Nc3cccc(Cl)c3)o2)c1. The lowest BCUT2D eigenvalue weighted by molar-refractivity contribution is -0.384. The van der Waals surface area contributed by atoms with Gasteiger partial charge in [0.2, 0.25) is 0 Å². The molecule has 0 fully saturated rings. The highest BCUT2D eigenvalue weighted by molar-refractivity contribution is 6.30. The zero-order valence-electron chi connectivity index (χ0n) is 12.7. The molecule has 0 aliphatic carbocycles. The van der Waals surface area contributed by atoms with Gasteiger partial charge in [0.05, 0.1) is 22.4 Å². The molecule has 0 unspecified atom stereocenters. The first-order chi connectivity index (χ1) is 12.0. The molecule has 3 aromatic rings. The predicted molar refractivity (Wildman–Crippen MR) is 95.1 cm³/mol. The fraction of sp³-hybridized carbons (Fsp3) is 0. The van der Waals surface area contributed by atoms with Gasteiger partial charge in [0.1, 0.15) is 17.3 Å². The lowest BCUT2D eigenvalue weighted by atomic mass is 10.1. The number of aromatic hydroxyl groups is 1. The maximum Gasteiger partial charge on any atom is 0.270 e. The molecule has 0 bridgehead atoms. The van der Waals surface area contributed by atoms with E-state index in [1.807, 2.05) is 0 Å². The average Bonchev–Trinajstić information content (AvgIpc) is 3.04. The molecule has 0 amide bonds. The number of anilines is 1. The van der Waals surface area contributed by atoms with Crippen LogP contribution in [0.3, 0.4) is 0 Å². The Kier molecular flexibility index (Phi) is 4.67. The van der Waals surface area contributed by atoms with Gasteiger partial charge in [-0.3, -0.25) is 15.5 Å². The highest BCUT2D eigenvalue weighted by Crippen LogP contribution is 2.33. The molecule has 1 aromatic heterocycles.